The molecule has 4 rings (SSSR count). The van der Waals surface area contributed by atoms with E-state index in [-0.39, 0.29) is 5.91 Å². The van der Waals surface area contributed by atoms with Crippen molar-refractivity contribution >= 4 is 16.8 Å². The average molecular weight is 340 g/mol. The van der Waals surface area contributed by atoms with E-state index in [9.17, 15) is 4.79 Å². The number of hydrogen-bond acceptors (Lipinski definition) is 3. The molecule has 3 heterocycles. The van der Waals surface area contributed by atoms with E-state index in [1.165, 1.54) is 32.4 Å². The zero-order chi connectivity index (χ0) is 17.2. The summed E-state index contributed by atoms with van der Waals surface area (Å²) < 4.78 is 0. The molecule has 25 heavy (non-hydrogen) atoms. The Bertz CT molecular complexity index is 732. The monoisotopic (exact) mass is 340 g/mol. The smallest absolute Gasteiger partial charge is 0.256 e. The predicted octanol–water partition coefficient (Wildman–Crippen LogP) is 3.15. The third-order valence-electron chi connectivity index (χ3n) is 5.91. The number of carbonyl (C=O) groups excluding carboxylic acids is 1. The van der Waals surface area contributed by atoms with Crippen molar-refractivity contribution in [1.82, 2.24) is 20.0 Å². The van der Waals surface area contributed by atoms with Gasteiger partial charge in [0.1, 0.15) is 0 Å². The Morgan fingerprint density at radius 1 is 1.24 bits per heavy atom. The molecule has 1 N–H and O–H groups in total. The largest absolute Gasteiger partial charge is 0.338 e. The molecule has 0 spiro atoms. The first-order valence-electron chi connectivity index (χ1n) is 9.64. The fourth-order valence-corrected chi connectivity index (χ4v) is 4.33. The second kappa shape index (κ2) is 7.16. The lowest BCUT2D eigenvalue weighted by atomic mass is 9.94. The number of carbonyl (C=O) groups is 1. The molecule has 2 aromatic rings. The van der Waals surface area contributed by atoms with Gasteiger partial charge < -0.3 is 9.80 Å². The lowest BCUT2D eigenvalue weighted by molar-refractivity contribution is 0.0624. The fourth-order valence-electron chi connectivity index (χ4n) is 4.33. The summed E-state index contributed by atoms with van der Waals surface area (Å²) in [5.41, 5.74) is 1.61. The van der Waals surface area contributed by atoms with Crippen molar-refractivity contribution in [1.29, 1.82) is 0 Å². The van der Waals surface area contributed by atoms with Crippen molar-refractivity contribution in [2.45, 2.75) is 32.6 Å². The zero-order valence-corrected chi connectivity index (χ0v) is 15.1. The van der Waals surface area contributed by atoms with Gasteiger partial charge in [-0.2, -0.15) is 5.10 Å². The topological polar surface area (TPSA) is 52.2 Å². The Balaban J connectivity index is 1.42. The van der Waals surface area contributed by atoms with Crippen molar-refractivity contribution in [2.75, 3.05) is 32.7 Å². The summed E-state index contributed by atoms with van der Waals surface area (Å²) in [6.07, 6.45) is 6.76. The van der Waals surface area contributed by atoms with Crippen LogP contribution in [0.4, 0.5) is 0 Å². The summed E-state index contributed by atoms with van der Waals surface area (Å²) in [4.78, 5) is 17.7. The Labute approximate surface area is 149 Å². The van der Waals surface area contributed by atoms with E-state index in [4.69, 9.17) is 0 Å². The Hall–Kier alpha value is -1.88. The molecule has 2 saturated heterocycles. The van der Waals surface area contributed by atoms with Crippen molar-refractivity contribution < 1.29 is 4.79 Å². The maximum atomic E-state index is 13.1. The van der Waals surface area contributed by atoms with Crippen LogP contribution in [0.2, 0.25) is 0 Å². The number of hydrogen-bond donors (Lipinski definition) is 1. The molecule has 0 aliphatic carbocycles. The minimum absolute atomic E-state index is 0.145. The predicted molar refractivity (Wildman–Crippen MR) is 99.6 cm³/mol. The quantitative estimate of drug-likeness (QED) is 0.934. The van der Waals surface area contributed by atoms with Crippen LogP contribution in [0, 0.1) is 11.8 Å². The molecular formula is C20H28N4O. The maximum Gasteiger partial charge on any atom is 0.256 e. The van der Waals surface area contributed by atoms with Crippen LogP contribution in [0.25, 0.3) is 10.9 Å². The minimum Gasteiger partial charge on any atom is -0.338 e. The molecule has 0 bridgehead atoms. The molecular weight excluding hydrogens is 312 g/mol. The SMILES string of the molecule is CC1CCN(CC2CCCN(C(=O)c3cccc4cn[nH]c34)C2)CC1. The molecule has 1 aromatic carbocycles. The van der Waals surface area contributed by atoms with Gasteiger partial charge in [-0.25, -0.2) is 0 Å². The zero-order valence-electron chi connectivity index (χ0n) is 15.1. The molecule has 0 saturated carbocycles. The summed E-state index contributed by atoms with van der Waals surface area (Å²) in [6, 6.07) is 5.85. The molecule has 2 fully saturated rings. The number of nitrogens with zero attached hydrogens (tertiary/aromatic N) is 3. The number of amides is 1. The van der Waals surface area contributed by atoms with Crippen LogP contribution in [0.3, 0.4) is 0 Å². The molecule has 1 aromatic heterocycles. The molecule has 1 amide bonds. The van der Waals surface area contributed by atoms with Crippen LogP contribution < -0.4 is 0 Å². The van der Waals surface area contributed by atoms with Gasteiger partial charge >= 0.3 is 0 Å². The van der Waals surface area contributed by atoms with Crippen LogP contribution in [-0.4, -0.2) is 58.6 Å². The Morgan fingerprint density at radius 2 is 2.08 bits per heavy atom. The summed E-state index contributed by atoms with van der Waals surface area (Å²) >= 11 is 0. The van der Waals surface area contributed by atoms with Crippen LogP contribution in [0.15, 0.2) is 24.4 Å². The molecule has 1 atom stereocenters. The van der Waals surface area contributed by atoms with Gasteiger partial charge in [0.15, 0.2) is 0 Å². The fraction of sp³-hybridized carbons (Fsp3) is 0.600. The molecule has 134 valence electrons. The number of fused-ring (bicyclic) bond motifs is 1. The first kappa shape index (κ1) is 16.6. The van der Waals surface area contributed by atoms with Gasteiger partial charge in [-0.1, -0.05) is 19.1 Å². The molecule has 1 unspecified atom stereocenters. The van der Waals surface area contributed by atoms with E-state index < -0.39 is 0 Å². The highest BCUT2D eigenvalue weighted by Gasteiger charge is 2.27. The van der Waals surface area contributed by atoms with Crippen LogP contribution in [0.5, 0.6) is 0 Å². The van der Waals surface area contributed by atoms with E-state index in [0.717, 1.165) is 48.4 Å². The summed E-state index contributed by atoms with van der Waals surface area (Å²) in [5.74, 6) is 1.62. The number of nitrogens with one attached hydrogen (secondary N) is 1. The van der Waals surface area contributed by atoms with Gasteiger partial charge in [0.25, 0.3) is 5.91 Å². The third kappa shape index (κ3) is 3.56. The second-order valence-corrected chi connectivity index (χ2v) is 7.88. The number of piperidine rings is 2. The van der Waals surface area contributed by atoms with Crippen molar-refractivity contribution in [3.8, 4) is 0 Å². The minimum atomic E-state index is 0.145. The Kier molecular flexibility index (Phi) is 4.75. The maximum absolute atomic E-state index is 13.1. The van der Waals surface area contributed by atoms with Crippen LogP contribution in [0.1, 0.15) is 43.0 Å². The standard InChI is InChI=1S/C20H28N4O/c1-15-7-10-23(11-8-15)13-16-4-3-9-24(14-16)20(25)18-6-2-5-17-12-21-22-19(17)18/h2,5-6,12,15-16H,3-4,7-11,13-14H2,1H3,(H,21,22). The molecule has 2 aliphatic heterocycles. The number of aromatic amines is 1. The van der Waals surface area contributed by atoms with Crippen LogP contribution in [-0.2, 0) is 0 Å². The van der Waals surface area contributed by atoms with Crippen molar-refractivity contribution in [3.63, 3.8) is 0 Å². The lowest BCUT2D eigenvalue weighted by Gasteiger charge is -2.38. The van der Waals surface area contributed by atoms with E-state index >= 15 is 0 Å². The number of likely N-dealkylation sites (tertiary alicyclic amines) is 2. The van der Waals surface area contributed by atoms with Gasteiger partial charge in [0.2, 0.25) is 0 Å². The second-order valence-electron chi connectivity index (χ2n) is 7.88. The summed E-state index contributed by atoms with van der Waals surface area (Å²) in [5, 5.41) is 8.07. The highest BCUT2D eigenvalue weighted by Crippen LogP contribution is 2.24. The van der Waals surface area contributed by atoms with Gasteiger partial charge in [0.05, 0.1) is 17.3 Å². The van der Waals surface area contributed by atoms with Crippen molar-refractivity contribution in [3.05, 3.63) is 30.0 Å². The van der Waals surface area contributed by atoms with E-state index in [1.54, 1.807) is 6.20 Å². The number of rotatable bonds is 3. The average Bonchev–Trinajstić information content (AvgIpc) is 3.12. The number of aromatic nitrogens is 2. The molecule has 2 aliphatic rings. The first-order valence-corrected chi connectivity index (χ1v) is 9.64. The highest BCUT2D eigenvalue weighted by atomic mass is 16.2. The first-order chi connectivity index (χ1) is 12.2. The Morgan fingerprint density at radius 3 is 2.92 bits per heavy atom. The third-order valence-corrected chi connectivity index (χ3v) is 5.91. The molecule has 0 radical (unpaired) electrons. The van der Waals surface area contributed by atoms with Gasteiger partial charge in [-0.15, -0.1) is 0 Å². The summed E-state index contributed by atoms with van der Waals surface area (Å²) in [6.45, 7) is 7.70. The van der Waals surface area contributed by atoms with E-state index in [0.29, 0.717) is 5.92 Å². The normalized spacial score (nSPS) is 23.2. The van der Waals surface area contributed by atoms with E-state index in [2.05, 4.69) is 26.9 Å². The number of benzene rings is 1. The highest BCUT2D eigenvalue weighted by molar-refractivity contribution is 6.05. The number of para-hydroxylation sites is 1. The van der Waals surface area contributed by atoms with E-state index in [1.807, 2.05) is 18.2 Å². The summed E-state index contributed by atoms with van der Waals surface area (Å²) in [7, 11) is 0. The molecule has 5 heteroatoms. The lowest BCUT2D eigenvalue weighted by Crippen LogP contribution is -2.45. The number of H-pyrrole nitrogens is 1. The van der Waals surface area contributed by atoms with Gasteiger partial charge in [-0.3, -0.25) is 9.89 Å². The van der Waals surface area contributed by atoms with Crippen molar-refractivity contribution in [2.24, 2.45) is 11.8 Å². The molecule has 5 nitrogen and oxygen atoms in total. The van der Waals surface area contributed by atoms with Gasteiger partial charge in [0, 0.05) is 25.0 Å². The van der Waals surface area contributed by atoms with Crippen LogP contribution >= 0.6 is 0 Å². The van der Waals surface area contributed by atoms with Gasteiger partial charge in [-0.05, 0) is 56.7 Å².